The van der Waals surface area contributed by atoms with Gasteiger partial charge in [0.05, 0.1) is 18.4 Å². The number of aromatic nitrogens is 6. The highest BCUT2D eigenvalue weighted by molar-refractivity contribution is 6.30. The lowest BCUT2D eigenvalue weighted by Crippen LogP contribution is -2.24. The lowest BCUT2D eigenvalue weighted by Gasteiger charge is -2.09. The third kappa shape index (κ3) is 3.31. The molecule has 0 N–H and O–H groups in total. The average molecular weight is 423 g/mol. The fourth-order valence-corrected chi connectivity index (χ4v) is 3.74. The summed E-state index contributed by atoms with van der Waals surface area (Å²) >= 11 is 5.95. The zero-order chi connectivity index (χ0) is 20.8. The average Bonchev–Trinajstić information content (AvgIpc) is 3.45. The van der Waals surface area contributed by atoms with Gasteiger partial charge in [-0.05, 0) is 24.1 Å². The van der Waals surface area contributed by atoms with Crippen molar-refractivity contribution in [3.8, 4) is 0 Å². The molecule has 9 nitrogen and oxygen atoms in total. The first-order valence-electron chi connectivity index (χ1n) is 9.36. The minimum Gasteiger partial charge on any atom is -0.373 e. The van der Waals surface area contributed by atoms with Gasteiger partial charge in [-0.25, -0.2) is 9.97 Å². The molecule has 5 rings (SSSR count). The van der Waals surface area contributed by atoms with E-state index in [0.717, 1.165) is 12.0 Å². The van der Waals surface area contributed by atoms with E-state index < -0.39 is 0 Å². The molecule has 1 aromatic carbocycles. The Kier molecular flexibility index (Phi) is 4.67. The fraction of sp³-hybridized carbons (Fsp3) is 0.316. The first-order valence-corrected chi connectivity index (χ1v) is 9.74. The van der Waals surface area contributed by atoms with Gasteiger partial charge in [-0.1, -0.05) is 28.9 Å². The third-order valence-corrected chi connectivity index (χ3v) is 5.54. The highest BCUT2D eigenvalue weighted by atomic mass is 35.5. The van der Waals surface area contributed by atoms with Crippen LogP contribution in [0.4, 0.5) is 0 Å². The molecule has 1 fully saturated rings. The van der Waals surface area contributed by atoms with Crippen LogP contribution >= 0.6 is 11.6 Å². The molecule has 2 atom stereocenters. The normalized spacial score (nSPS) is 19.0. The standard InChI is InChI=1S/C19H16BClN6O3/c1-26-15-17(24-19(26)20)22-9-27(18(15)28)7-14-23-16(25-30-14)11-6-13(29-8-11)10-2-4-12(21)5-3-10/h2-5,9,11,13H,6-8H2,1H3/t11-,13+/m0/s1. The van der Waals surface area contributed by atoms with Crippen molar-refractivity contribution < 1.29 is 9.26 Å². The first kappa shape index (κ1) is 19.0. The van der Waals surface area contributed by atoms with Crippen molar-refractivity contribution >= 4 is 36.3 Å². The Balaban J connectivity index is 1.33. The van der Waals surface area contributed by atoms with Crippen molar-refractivity contribution in [1.82, 2.24) is 29.2 Å². The number of fused-ring (bicyclic) bond motifs is 1. The van der Waals surface area contributed by atoms with E-state index in [-0.39, 0.29) is 29.8 Å². The number of aryl methyl sites for hydroxylation is 1. The predicted molar refractivity (Wildman–Crippen MR) is 109 cm³/mol. The summed E-state index contributed by atoms with van der Waals surface area (Å²) < 4.78 is 14.2. The van der Waals surface area contributed by atoms with E-state index in [1.54, 1.807) is 7.05 Å². The highest BCUT2D eigenvalue weighted by Crippen LogP contribution is 2.37. The molecule has 4 aromatic rings. The lowest BCUT2D eigenvalue weighted by molar-refractivity contribution is 0.110. The Morgan fingerprint density at radius 3 is 2.87 bits per heavy atom. The largest absolute Gasteiger partial charge is 0.373 e. The van der Waals surface area contributed by atoms with Crippen LogP contribution in [0.25, 0.3) is 11.2 Å². The molecule has 11 heteroatoms. The van der Waals surface area contributed by atoms with E-state index >= 15 is 0 Å². The molecular weight excluding hydrogens is 407 g/mol. The van der Waals surface area contributed by atoms with E-state index in [1.165, 1.54) is 15.5 Å². The van der Waals surface area contributed by atoms with Gasteiger partial charge < -0.3 is 13.8 Å². The zero-order valence-corrected chi connectivity index (χ0v) is 16.8. The van der Waals surface area contributed by atoms with Crippen LogP contribution in [0.1, 0.15) is 35.7 Å². The fourth-order valence-electron chi connectivity index (χ4n) is 3.62. The van der Waals surface area contributed by atoms with Gasteiger partial charge >= 0.3 is 0 Å². The molecule has 1 aliphatic heterocycles. The molecular formula is C19H16BClN6O3. The quantitative estimate of drug-likeness (QED) is 0.456. The summed E-state index contributed by atoms with van der Waals surface area (Å²) in [5, 5.41) is 4.78. The Bertz CT molecular complexity index is 1280. The summed E-state index contributed by atoms with van der Waals surface area (Å²) in [6.07, 6.45) is 2.09. The van der Waals surface area contributed by atoms with Crippen LogP contribution in [0, 0.1) is 0 Å². The molecule has 2 radical (unpaired) electrons. The molecule has 0 unspecified atom stereocenters. The number of nitrogens with zero attached hydrogens (tertiary/aromatic N) is 6. The van der Waals surface area contributed by atoms with Crippen LogP contribution in [-0.4, -0.2) is 43.7 Å². The smallest absolute Gasteiger partial charge is 0.280 e. The van der Waals surface area contributed by atoms with Gasteiger partial charge in [-0.2, -0.15) is 4.98 Å². The van der Waals surface area contributed by atoms with Gasteiger partial charge in [-0.3, -0.25) is 9.36 Å². The second kappa shape index (κ2) is 7.37. The Morgan fingerprint density at radius 1 is 1.27 bits per heavy atom. The Labute approximate surface area is 177 Å². The summed E-state index contributed by atoms with van der Waals surface area (Å²) in [6.45, 7) is 0.599. The molecule has 0 bridgehead atoms. The molecule has 150 valence electrons. The molecule has 0 aliphatic carbocycles. The molecule has 4 heterocycles. The summed E-state index contributed by atoms with van der Waals surface area (Å²) in [6, 6.07) is 7.60. The molecule has 1 aliphatic rings. The number of ether oxygens (including phenoxy) is 1. The minimum absolute atomic E-state index is 0.0115. The molecule has 30 heavy (non-hydrogen) atoms. The van der Waals surface area contributed by atoms with E-state index in [0.29, 0.717) is 34.5 Å². The van der Waals surface area contributed by atoms with Crippen LogP contribution < -0.4 is 11.3 Å². The molecule has 0 amide bonds. The van der Waals surface area contributed by atoms with Gasteiger partial charge in [0.1, 0.15) is 12.9 Å². The molecule has 0 spiro atoms. The number of hydrogen-bond donors (Lipinski definition) is 0. The van der Waals surface area contributed by atoms with E-state index in [2.05, 4.69) is 20.1 Å². The predicted octanol–water partition coefficient (Wildman–Crippen LogP) is 1.25. The van der Waals surface area contributed by atoms with Gasteiger partial charge in [0.15, 0.2) is 24.8 Å². The summed E-state index contributed by atoms with van der Waals surface area (Å²) in [5.41, 5.74) is 1.64. The molecule has 0 saturated carbocycles. The van der Waals surface area contributed by atoms with Crippen molar-refractivity contribution in [1.29, 1.82) is 0 Å². The van der Waals surface area contributed by atoms with Crippen LogP contribution in [0.15, 0.2) is 39.9 Å². The highest BCUT2D eigenvalue weighted by Gasteiger charge is 2.31. The van der Waals surface area contributed by atoms with Gasteiger partial charge in [0.25, 0.3) is 5.56 Å². The van der Waals surface area contributed by atoms with Crippen molar-refractivity contribution in [2.45, 2.75) is 25.0 Å². The van der Waals surface area contributed by atoms with Crippen LogP contribution in [-0.2, 0) is 18.3 Å². The van der Waals surface area contributed by atoms with Crippen LogP contribution in [0.5, 0.6) is 0 Å². The van der Waals surface area contributed by atoms with Gasteiger partial charge in [0, 0.05) is 18.0 Å². The Hall–Kier alpha value is -2.98. The van der Waals surface area contributed by atoms with E-state index in [1.807, 2.05) is 24.3 Å². The van der Waals surface area contributed by atoms with Crippen molar-refractivity contribution in [3.05, 3.63) is 63.2 Å². The maximum atomic E-state index is 12.7. The maximum absolute atomic E-state index is 12.7. The monoisotopic (exact) mass is 422 g/mol. The third-order valence-electron chi connectivity index (χ3n) is 5.29. The number of rotatable bonds is 4. The van der Waals surface area contributed by atoms with Gasteiger partial charge in [-0.15, -0.1) is 0 Å². The second-order valence-electron chi connectivity index (χ2n) is 7.23. The lowest BCUT2D eigenvalue weighted by atomic mass is 10.0. The minimum atomic E-state index is -0.279. The zero-order valence-electron chi connectivity index (χ0n) is 16.0. The summed E-state index contributed by atoms with van der Waals surface area (Å²) in [5.74, 6) is 0.893. The maximum Gasteiger partial charge on any atom is 0.280 e. The SMILES string of the molecule is [B]c1nc2ncn(Cc3nc([C@@H]4CO[C@@H](c5ccc(Cl)cc5)C4)no3)c(=O)c2n1C. The van der Waals surface area contributed by atoms with Crippen LogP contribution in [0.3, 0.4) is 0 Å². The summed E-state index contributed by atoms with van der Waals surface area (Å²) in [7, 11) is 7.43. The number of benzene rings is 1. The Morgan fingerprint density at radius 2 is 2.07 bits per heavy atom. The topological polar surface area (TPSA) is 101 Å². The van der Waals surface area contributed by atoms with Crippen molar-refractivity contribution in [2.75, 3.05) is 6.61 Å². The van der Waals surface area contributed by atoms with Crippen molar-refractivity contribution in [2.24, 2.45) is 7.05 Å². The van der Waals surface area contributed by atoms with Gasteiger partial charge in [0.2, 0.25) is 5.89 Å². The van der Waals surface area contributed by atoms with E-state index in [4.69, 9.17) is 28.7 Å². The first-order chi connectivity index (χ1) is 14.5. The molecule has 3 aromatic heterocycles. The van der Waals surface area contributed by atoms with E-state index in [9.17, 15) is 4.79 Å². The second-order valence-corrected chi connectivity index (χ2v) is 7.67. The summed E-state index contributed by atoms with van der Waals surface area (Å²) in [4.78, 5) is 25.5. The van der Waals surface area contributed by atoms with Crippen LogP contribution in [0.2, 0.25) is 5.02 Å². The number of halogens is 1. The number of imidazole rings is 1. The van der Waals surface area contributed by atoms with Crippen molar-refractivity contribution in [3.63, 3.8) is 0 Å². The molecule has 1 saturated heterocycles. The number of hydrogen-bond acceptors (Lipinski definition) is 7.